The van der Waals surface area contributed by atoms with Crippen LogP contribution in [0.5, 0.6) is 0 Å². The van der Waals surface area contributed by atoms with E-state index >= 15 is 0 Å². The Morgan fingerprint density at radius 2 is 2.12 bits per heavy atom. The van der Waals surface area contributed by atoms with Crippen LogP contribution in [-0.4, -0.2) is 10.1 Å². The summed E-state index contributed by atoms with van der Waals surface area (Å²) in [7, 11) is 0. The molecule has 0 spiro atoms. The molecule has 2 N–H and O–H groups in total. The molecule has 1 unspecified atom stereocenters. The molecule has 90 valence electrons. The summed E-state index contributed by atoms with van der Waals surface area (Å²) < 4.78 is 5.15. The molecule has 1 atom stereocenters. The van der Waals surface area contributed by atoms with Crippen molar-refractivity contribution in [2.45, 2.75) is 30.0 Å². The van der Waals surface area contributed by atoms with Crippen LogP contribution in [0.15, 0.2) is 39.8 Å². The number of benzene rings is 1. The van der Waals surface area contributed by atoms with Gasteiger partial charge in [0.25, 0.3) is 0 Å². The Bertz CT molecular complexity index is 458. The molecule has 1 aromatic carbocycles. The summed E-state index contributed by atoms with van der Waals surface area (Å²) in [6.07, 6.45) is 0.810. The van der Waals surface area contributed by atoms with Crippen LogP contribution in [0.3, 0.4) is 0 Å². The zero-order chi connectivity index (χ0) is 12.1. The average Bonchev–Trinajstić information content (AvgIpc) is 2.85. The fraction of sp³-hybridized carbons (Fsp3) is 0.333. The lowest BCUT2D eigenvalue weighted by atomic mass is 10.2. The van der Waals surface area contributed by atoms with Gasteiger partial charge in [-0.25, -0.2) is 0 Å². The fourth-order valence-corrected chi connectivity index (χ4v) is 2.08. The molecule has 4 nitrogen and oxygen atoms in total. The maximum atomic E-state index is 5.82. The van der Waals surface area contributed by atoms with Gasteiger partial charge >= 0.3 is 0 Å². The first kappa shape index (κ1) is 12.1. The number of nitrogens with two attached hydrogens (primary N) is 1. The minimum Gasteiger partial charge on any atom is -0.338 e. The summed E-state index contributed by atoms with van der Waals surface area (Å²) in [6.45, 7) is 2.00. The molecule has 1 aromatic heterocycles. The van der Waals surface area contributed by atoms with Crippen LogP contribution in [0.25, 0.3) is 0 Å². The van der Waals surface area contributed by atoms with Crippen molar-refractivity contribution in [2.75, 3.05) is 0 Å². The van der Waals surface area contributed by atoms with Gasteiger partial charge in [-0.2, -0.15) is 4.98 Å². The van der Waals surface area contributed by atoms with Crippen molar-refractivity contribution in [3.8, 4) is 0 Å². The number of thioether (sulfide) groups is 1. The zero-order valence-electron chi connectivity index (χ0n) is 9.67. The van der Waals surface area contributed by atoms with Crippen molar-refractivity contribution in [2.24, 2.45) is 5.73 Å². The Balaban J connectivity index is 1.94. The molecule has 0 amide bonds. The predicted molar refractivity (Wildman–Crippen MR) is 67.5 cm³/mol. The van der Waals surface area contributed by atoms with Gasteiger partial charge in [0.15, 0.2) is 5.82 Å². The monoisotopic (exact) mass is 249 g/mol. The molecule has 2 rings (SSSR count). The molecule has 0 bridgehead atoms. The summed E-state index contributed by atoms with van der Waals surface area (Å²) in [4.78, 5) is 5.46. The second-order valence-corrected chi connectivity index (χ2v) is 4.71. The molecule has 0 saturated heterocycles. The van der Waals surface area contributed by atoms with E-state index < -0.39 is 0 Å². The highest BCUT2D eigenvalue weighted by Gasteiger charge is 2.12. The standard InChI is InChI=1S/C12H15N3OS/c1-2-10(13)12-14-11(16-15-12)8-17-9-6-4-3-5-7-9/h3-7,10H,2,8,13H2,1H3. The Morgan fingerprint density at radius 1 is 1.35 bits per heavy atom. The molecule has 0 radical (unpaired) electrons. The van der Waals surface area contributed by atoms with Crippen molar-refractivity contribution in [1.82, 2.24) is 10.1 Å². The lowest BCUT2D eigenvalue weighted by Crippen LogP contribution is -2.10. The summed E-state index contributed by atoms with van der Waals surface area (Å²) in [5.74, 6) is 1.89. The van der Waals surface area contributed by atoms with E-state index in [0.29, 0.717) is 17.5 Å². The molecule has 0 fully saturated rings. The minimum absolute atomic E-state index is 0.130. The third-order valence-corrected chi connectivity index (χ3v) is 3.36. The van der Waals surface area contributed by atoms with Crippen molar-refractivity contribution < 1.29 is 4.52 Å². The van der Waals surface area contributed by atoms with E-state index in [1.165, 1.54) is 4.90 Å². The van der Waals surface area contributed by atoms with Crippen LogP contribution in [0.2, 0.25) is 0 Å². The topological polar surface area (TPSA) is 64.9 Å². The Labute approximate surface area is 105 Å². The van der Waals surface area contributed by atoms with E-state index in [-0.39, 0.29) is 6.04 Å². The first-order chi connectivity index (χ1) is 8.29. The molecular weight excluding hydrogens is 234 g/mol. The molecule has 17 heavy (non-hydrogen) atoms. The lowest BCUT2D eigenvalue weighted by molar-refractivity contribution is 0.380. The predicted octanol–water partition coefficient (Wildman–Crippen LogP) is 2.77. The van der Waals surface area contributed by atoms with Crippen molar-refractivity contribution >= 4 is 11.8 Å². The van der Waals surface area contributed by atoms with Crippen molar-refractivity contribution in [3.05, 3.63) is 42.0 Å². The van der Waals surface area contributed by atoms with E-state index in [4.69, 9.17) is 10.3 Å². The zero-order valence-corrected chi connectivity index (χ0v) is 10.5. The Morgan fingerprint density at radius 3 is 2.82 bits per heavy atom. The third kappa shape index (κ3) is 3.31. The number of rotatable bonds is 5. The fourth-order valence-electron chi connectivity index (χ4n) is 1.32. The van der Waals surface area contributed by atoms with Crippen LogP contribution in [-0.2, 0) is 5.75 Å². The third-order valence-electron chi connectivity index (χ3n) is 2.36. The van der Waals surface area contributed by atoms with Crippen LogP contribution in [0.4, 0.5) is 0 Å². The largest absolute Gasteiger partial charge is 0.338 e. The van der Waals surface area contributed by atoms with Crippen LogP contribution < -0.4 is 5.73 Å². The van der Waals surface area contributed by atoms with Gasteiger partial charge in [-0.1, -0.05) is 30.3 Å². The smallest absolute Gasteiger partial charge is 0.237 e. The van der Waals surface area contributed by atoms with Gasteiger partial charge in [0, 0.05) is 4.90 Å². The van der Waals surface area contributed by atoms with Crippen LogP contribution in [0, 0.1) is 0 Å². The quantitative estimate of drug-likeness (QED) is 0.825. The second kappa shape index (κ2) is 5.84. The highest BCUT2D eigenvalue weighted by atomic mass is 32.2. The molecule has 5 heteroatoms. The second-order valence-electron chi connectivity index (χ2n) is 3.66. The van der Waals surface area contributed by atoms with Gasteiger partial charge in [0.05, 0.1) is 11.8 Å². The van der Waals surface area contributed by atoms with E-state index in [1.807, 2.05) is 25.1 Å². The molecule has 0 aliphatic carbocycles. The first-order valence-corrected chi connectivity index (χ1v) is 6.54. The van der Waals surface area contributed by atoms with Gasteiger partial charge in [-0.15, -0.1) is 11.8 Å². The van der Waals surface area contributed by atoms with Gasteiger partial charge in [0.1, 0.15) is 0 Å². The van der Waals surface area contributed by atoms with Crippen LogP contribution in [0.1, 0.15) is 31.1 Å². The normalized spacial score (nSPS) is 12.6. The highest BCUT2D eigenvalue weighted by molar-refractivity contribution is 7.98. The maximum Gasteiger partial charge on any atom is 0.237 e. The van der Waals surface area contributed by atoms with Gasteiger partial charge < -0.3 is 10.3 Å². The average molecular weight is 249 g/mol. The first-order valence-electron chi connectivity index (χ1n) is 5.55. The summed E-state index contributed by atoms with van der Waals surface area (Å²) in [6, 6.07) is 9.99. The van der Waals surface area contributed by atoms with E-state index in [2.05, 4.69) is 22.3 Å². The van der Waals surface area contributed by atoms with E-state index in [1.54, 1.807) is 11.8 Å². The summed E-state index contributed by atoms with van der Waals surface area (Å²) in [5, 5.41) is 3.87. The summed E-state index contributed by atoms with van der Waals surface area (Å²) in [5.41, 5.74) is 5.82. The van der Waals surface area contributed by atoms with E-state index in [9.17, 15) is 0 Å². The molecular formula is C12H15N3OS. The van der Waals surface area contributed by atoms with Gasteiger partial charge in [0.2, 0.25) is 5.89 Å². The SMILES string of the molecule is CCC(N)c1noc(CSc2ccccc2)n1. The number of nitrogens with zero attached hydrogens (tertiary/aromatic N) is 2. The Hall–Kier alpha value is -1.33. The van der Waals surface area contributed by atoms with E-state index in [0.717, 1.165) is 6.42 Å². The molecule has 0 saturated carbocycles. The minimum atomic E-state index is -0.130. The molecule has 1 heterocycles. The number of aromatic nitrogens is 2. The molecule has 2 aromatic rings. The highest BCUT2D eigenvalue weighted by Crippen LogP contribution is 2.22. The lowest BCUT2D eigenvalue weighted by Gasteiger charge is -1.99. The molecule has 0 aliphatic rings. The number of hydrogen-bond acceptors (Lipinski definition) is 5. The van der Waals surface area contributed by atoms with Crippen molar-refractivity contribution in [3.63, 3.8) is 0 Å². The number of hydrogen-bond donors (Lipinski definition) is 1. The molecule has 0 aliphatic heterocycles. The van der Waals surface area contributed by atoms with Gasteiger partial charge in [-0.05, 0) is 18.6 Å². The van der Waals surface area contributed by atoms with Crippen molar-refractivity contribution in [1.29, 1.82) is 0 Å². The maximum absolute atomic E-state index is 5.82. The summed E-state index contributed by atoms with van der Waals surface area (Å²) >= 11 is 1.67. The Kier molecular flexibility index (Phi) is 4.17. The van der Waals surface area contributed by atoms with Crippen LogP contribution >= 0.6 is 11.8 Å². The van der Waals surface area contributed by atoms with Gasteiger partial charge in [-0.3, -0.25) is 0 Å².